The van der Waals surface area contributed by atoms with Crippen LogP contribution in [0.15, 0.2) is 24.3 Å². The van der Waals surface area contributed by atoms with Crippen molar-refractivity contribution in [1.82, 2.24) is 0 Å². The van der Waals surface area contributed by atoms with Crippen LogP contribution in [0.2, 0.25) is 0 Å². The van der Waals surface area contributed by atoms with Gasteiger partial charge in [-0.2, -0.15) is 0 Å². The van der Waals surface area contributed by atoms with Gasteiger partial charge in [-0.15, -0.1) is 0 Å². The van der Waals surface area contributed by atoms with Gasteiger partial charge in [-0.1, -0.05) is 0 Å². The molecule has 1 atom stereocenters. The Balaban J connectivity index is 2.57. The Bertz CT molecular complexity index is 441. The number of halogens is 2. The van der Waals surface area contributed by atoms with E-state index in [-0.39, 0.29) is 0 Å². The number of carbonyl (C=O) groups excluding carboxylic acids is 1. The molecule has 1 unspecified atom stereocenters. The summed E-state index contributed by atoms with van der Waals surface area (Å²) in [5, 5.41) is 5.23. The lowest BCUT2D eigenvalue weighted by molar-refractivity contribution is 0.0636. The minimum absolute atomic E-state index is 0.537. The number of alkyl halides is 2. The number of nitrogens with one attached hydrogen (secondary N) is 2. The molecule has 1 rings (SSSR count). The van der Waals surface area contributed by atoms with Crippen molar-refractivity contribution in [2.45, 2.75) is 45.8 Å². The quantitative estimate of drug-likeness (QED) is 0.876. The first kappa shape index (κ1) is 16.2. The van der Waals surface area contributed by atoms with E-state index < -0.39 is 24.2 Å². The van der Waals surface area contributed by atoms with Crippen LogP contribution >= 0.6 is 0 Å². The van der Waals surface area contributed by atoms with Gasteiger partial charge >= 0.3 is 6.09 Å². The van der Waals surface area contributed by atoms with E-state index in [1.54, 1.807) is 45.0 Å². The maximum atomic E-state index is 12.4. The molecule has 0 aliphatic heterocycles. The van der Waals surface area contributed by atoms with E-state index in [2.05, 4.69) is 10.6 Å². The molecule has 1 aromatic carbocycles. The smallest absolute Gasteiger partial charge is 0.412 e. The molecule has 0 aliphatic rings. The van der Waals surface area contributed by atoms with E-state index >= 15 is 0 Å². The van der Waals surface area contributed by atoms with Crippen molar-refractivity contribution < 1.29 is 18.3 Å². The Hall–Kier alpha value is -1.85. The number of rotatable bonds is 4. The molecule has 4 nitrogen and oxygen atoms in total. The summed E-state index contributed by atoms with van der Waals surface area (Å²) in [4.78, 5) is 11.5. The second-order valence-electron chi connectivity index (χ2n) is 5.47. The number of benzene rings is 1. The molecular formula is C14H20F2N2O2. The van der Waals surface area contributed by atoms with E-state index in [9.17, 15) is 13.6 Å². The van der Waals surface area contributed by atoms with Gasteiger partial charge in [-0.05, 0) is 52.0 Å². The SMILES string of the molecule is CC(Nc1ccc(NC(=O)OC(C)(C)C)cc1)C(F)F. The topological polar surface area (TPSA) is 50.4 Å². The van der Waals surface area contributed by atoms with Crippen LogP contribution in [0.25, 0.3) is 0 Å². The Morgan fingerprint density at radius 2 is 1.65 bits per heavy atom. The number of ether oxygens (including phenoxy) is 1. The highest BCUT2D eigenvalue weighted by Crippen LogP contribution is 2.17. The molecule has 0 bridgehead atoms. The second kappa shape index (κ2) is 6.54. The molecule has 0 radical (unpaired) electrons. The fourth-order valence-corrected chi connectivity index (χ4v) is 1.40. The van der Waals surface area contributed by atoms with Crippen molar-refractivity contribution in [2.75, 3.05) is 10.6 Å². The summed E-state index contributed by atoms with van der Waals surface area (Å²) in [5.41, 5.74) is 0.528. The average Bonchev–Trinajstić information content (AvgIpc) is 2.28. The second-order valence-corrected chi connectivity index (χ2v) is 5.47. The monoisotopic (exact) mass is 286 g/mol. The first-order chi connectivity index (χ1) is 9.17. The van der Waals surface area contributed by atoms with Gasteiger partial charge in [0, 0.05) is 11.4 Å². The average molecular weight is 286 g/mol. The van der Waals surface area contributed by atoms with E-state index in [1.165, 1.54) is 6.92 Å². The summed E-state index contributed by atoms with van der Waals surface area (Å²) in [6.45, 7) is 6.71. The number of hydrogen-bond acceptors (Lipinski definition) is 3. The van der Waals surface area contributed by atoms with Crippen molar-refractivity contribution in [1.29, 1.82) is 0 Å². The molecule has 20 heavy (non-hydrogen) atoms. The van der Waals surface area contributed by atoms with Crippen LogP contribution in [0.5, 0.6) is 0 Å². The zero-order valence-corrected chi connectivity index (χ0v) is 12.0. The molecule has 2 N–H and O–H groups in total. The lowest BCUT2D eigenvalue weighted by atomic mass is 10.2. The van der Waals surface area contributed by atoms with Crippen LogP contribution in [0.3, 0.4) is 0 Å². The Labute approximate surface area is 117 Å². The van der Waals surface area contributed by atoms with Gasteiger partial charge in [0.2, 0.25) is 0 Å². The summed E-state index contributed by atoms with van der Waals surface area (Å²) < 4.78 is 29.9. The Morgan fingerprint density at radius 3 is 2.10 bits per heavy atom. The largest absolute Gasteiger partial charge is 0.444 e. The van der Waals surface area contributed by atoms with Crippen LogP contribution in [-0.2, 0) is 4.74 Å². The summed E-state index contributed by atoms with van der Waals surface area (Å²) in [5.74, 6) is 0. The molecule has 0 spiro atoms. The van der Waals surface area contributed by atoms with Crippen LogP contribution in [0.1, 0.15) is 27.7 Å². The predicted molar refractivity (Wildman–Crippen MR) is 75.4 cm³/mol. The summed E-state index contributed by atoms with van der Waals surface area (Å²) >= 11 is 0. The van der Waals surface area contributed by atoms with E-state index in [1.807, 2.05) is 0 Å². The maximum absolute atomic E-state index is 12.4. The summed E-state index contributed by atoms with van der Waals surface area (Å²) in [6, 6.07) is 5.53. The maximum Gasteiger partial charge on any atom is 0.412 e. The third-order valence-corrected chi connectivity index (χ3v) is 2.30. The first-order valence-electron chi connectivity index (χ1n) is 6.32. The van der Waals surface area contributed by atoms with E-state index in [4.69, 9.17) is 4.74 Å². The predicted octanol–water partition coefficient (Wildman–Crippen LogP) is 4.10. The number of carbonyl (C=O) groups is 1. The third-order valence-electron chi connectivity index (χ3n) is 2.30. The zero-order valence-electron chi connectivity index (χ0n) is 12.0. The summed E-state index contributed by atoms with van der Waals surface area (Å²) in [6.07, 6.45) is -2.99. The number of hydrogen-bond donors (Lipinski definition) is 2. The highest BCUT2D eigenvalue weighted by atomic mass is 19.3. The van der Waals surface area contributed by atoms with Gasteiger partial charge in [0.05, 0.1) is 6.04 Å². The van der Waals surface area contributed by atoms with Crippen molar-refractivity contribution in [2.24, 2.45) is 0 Å². The molecule has 6 heteroatoms. The van der Waals surface area contributed by atoms with Crippen LogP contribution in [-0.4, -0.2) is 24.2 Å². The molecule has 1 aromatic rings. The minimum Gasteiger partial charge on any atom is -0.444 e. The Kier molecular flexibility index (Phi) is 5.30. The minimum atomic E-state index is -2.44. The van der Waals surface area contributed by atoms with Gasteiger partial charge < -0.3 is 10.1 Å². The molecule has 0 heterocycles. The Morgan fingerprint density at radius 1 is 1.15 bits per heavy atom. The normalized spacial score (nSPS) is 12.9. The molecular weight excluding hydrogens is 266 g/mol. The molecule has 0 aliphatic carbocycles. The lowest BCUT2D eigenvalue weighted by Gasteiger charge is -2.20. The number of amides is 1. The van der Waals surface area contributed by atoms with Gasteiger partial charge in [0.1, 0.15) is 5.60 Å². The standard InChI is InChI=1S/C14H20F2N2O2/c1-9(12(15)16)17-10-5-7-11(8-6-10)18-13(19)20-14(2,3)4/h5-9,12,17H,1-4H3,(H,18,19). The molecule has 0 aromatic heterocycles. The van der Waals surface area contributed by atoms with Crippen LogP contribution in [0, 0.1) is 0 Å². The molecule has 0 fully saturated rings. The zero-order chi connectivity index (χ0) is 15.3. The first-order valence-corrected chi connectivity index (χ1v) is 6.32. The van der Waals surface area contributed by atoms with Gasteiger partial charge in [0.15, 0.2) is 0 Å². The lowest BCUT2D eigenvalue weighted by Crippen LogP contribution is -2.27. The van der Waals surface area contributed by atoms with E-state index in [0.717, 1.165) is 0 Å². The van der Waals surface area contributed by atoms with Crippen molar-refractivity contribution in [3.05, 3.63) is 24.3 Å². The van der Waals surface area contributed by atoms with Crippen LogP contribution < -0.4 is 10.6 Å². The van der Waals surface area contributed by atoms with Crippen molar-refractivity contribution in [3.63, 3.8) is 0 Å². The molecule has 0 saturated carbocycles. The van der Waals surface area contributed by atoms with Crippen molar-refractivity contribution >= 4 is 17.5 Å². The third kappa shape index (κ3) is 5.86. The number of anilines is 2. The fourth-order valence-electron chi connectivity index (χ4n) is 1.40. The molecule has 1 amide bonds. The molecule has 112 valence electrons. The van der Waals surface area contributed by atoms with Gasteiger partial charge in [-0.25, -0.2) is 13.6 Å². The van der Waals surface area contributed by atoms with Gasteiger partial charge in [-0.3, -0.25) is 5.32 Å². The fraction of sp³-hybridized carbons (Fsp3) is 0.500. The molecule has 0 saturated heterocycles. The van der Waals surface area contributed by atoms with Gasteiger partial charge in [0.25, 0.3) is 6.43 Å². The highest BCUT2D eigenvalue weighted by molar-refractivity contribution is 5.85. The summed E-state index contributed by atoms with van der Waals surface area (Å²) in [7, 11) is 0. The van der Waals surface area contributed by atoms with Crippen molar-refractivity contribution in [3.8, 4) is 0 Å². The van der Waals surface area contributed by atoms with Crippen LogP contribution in [0.4, 0.5) is 25.0 Å². The highest BCUT2D eigenvalue weighted by Gasteiger charge is 2.16. The van der Waals surface area contributed by atoms with E-state index in [0.29, 0.717) is 11.4 Å².